The third-order valence-corrected chi connectivity index (χ3v) is 21.1. The van der Waals surface area contributed by atoms with Crippen molar-refractivity contribution >= 4 is 59.3 Å². The van der Waals surface area contributed by atoms with Crippen LogP contribution in [0.25, 0.3) is 0 Å². The molecule has 0 unspecified atom stereocenters. The second kappa shape index (κ2) is 33.2. The van der Waals surface area contributed by atoms with Crippen LogP contribution in [-0.2, 0) is 100 Å². The molecule has 0 atom stereocenters. The predicted octanol–water partition coefficient (Wildman–Crippen LogP) is 7.28. The Morgan fingerprint density at radius 1 is 0.340 bits per heavy atom. The van der Waals surface area contributed by atoms with Crippen molar-refractivity contribution in [3.63, 3.8) is 0 Å². The zero-order valence-corrected chi connectivity index (χ0v) is 64.0. The average Bonchev–Trinajstić information content (AvgIpc) is 1.53. The number of phenols is 2. The van der Waals surface area contributed by atoms with Gasteiger partial charge in [-0.1, -0.05) is 96.1 Å². The van der Waals surface area contributed by atoms with Crippen molar-refractivity contribution in [1.29, 1.82) is 0 Å². The molecule has 106 heavy (non-hydrogen) atoms. The van der Waals surface area contributed by atoms with Gasteiger partial charge in [-0.25, -0.2) is 0 Å². The maximum atomic E-state index is 13.6. The number of benzene rings is 6. The van der Waals surface area contributed by atoms with Crippen molar-refractivity contribution in [2.75, 3.05) is 99.7 Å². The Bertz CT molecular complexity index is 4750. The molecule has 3 fully saturated rings. The van der Waals surface area contributed by atoms with Crippen LogP contribution in [0.15, 0.2) is 91.0 Å². The summed E-state index contributed by atoms with van der Waals surface area (Å²) in [5, 5.41) is 20.7. The first-order valence-electron chi connectivity index (χ1n) is 34.7. The van der Waals surface area contributed by atoms with E-state index in [1.54, 1.807) is 37.5 Å². The molecule has 30 nitrogen and oxygen atoms in total. The smallest absolute Gasteiger partial charge is 0.446 e. The van der Waals surface area contributed by atoms with Crippen molar-refractivity contribution in [1.82, 2.24) is 44.1 Å². The number of carbonyl (C=O) groups excluding carboxylic acids is 3. The highest BCUT2D eigenvalue weighted by atomic mass is 32.3. The molecule has 34 heteroatoms. The zero-order chi connectivity index (χ0) is 77.1. The number of hydrogen-bond donors (Lipinski definition) is 6. The molecular formula is C72H93N9O21S4. The summed E-state index contributed by atoms with van der Waals surface area (Å²) in [5.74, 6) is -4.35. The molecule has 0 saturated carbocycles. The summed E-state index contributed by atoms with van der Waals surface area (Å²) in [6.07, 6.45) is 0. The van der Waals surface area contributed by atoms with Gasteiger partial charge in [0.25, 0.3) is 17.7 Å². The van der Waals surface area contributed by atoms with Gasteiger partial charge in [0.05, 0.1) is 16.7 Å². The van der Waals surface area contributed by atoms with E-state index >= 15 is 0 Å². The topological polar surface area (TPSA) is 375 Å². The SMILES string of the molecule is CC(C)c1cc(C(=O)N2Cc3ccc(CN4CCN(C)CC4)cc3C2)c(O)cc1OS(=O)(=O)O.CC(C)c1cc(C(=O)N2Cc3ccc(CN4CCN(C)CC4)cc3C2)c(OS(=O)(=O)O)cc1O.CC(C)c1cc(C(=O)N2Cc3ccc(CN4CCN(C)CC4)cc3C2)c(OS(=O)(=O)O)cc1OS(=O)(=O)O. The number of phenolic OH excluding ortho intramolecular Hbond substituents is 2. The fourth-order valence-corrected chi connectivity index (χ4v) is 15.2. The van der Waals surface area contributed by atoms with Crippen LogP contribution in [0.5, 0.6) is 34.5 Å². The molecule has 0 bridgehead atoms. The van der Waals surface area contributed by atoms with Gasteiger partial charge in [0, 0.05) is 156 Å². The molecule has 6 heterocycles. The summed E-state index contributed by atoms with van der Waals surface area (Å²) < 4.78 is 146. The van der Waals surface area contributed by atoms with Gasteiger partial charge in [-0.3, -0.25) is 47.3 Å². The Morgan fingerprint density at radius 3 is 0.925 bits per heavy atom. The first-order valence-corrected chi connectivity index (χ1v) is 40.2. The van der Waals surface area contributed by atoms with Gasteiger partial charge >= 0.3 is 41.6 Å². The predicted molar refractivity (Wildman–Crippen MR) is 392 cm³/mol. The number of nitrogens with zero attached hydrogens (tertiary/aromatic N) is 9. The van der Waals surface area contributed by atoms with Crippen LogP contribution in [0.2, 0.25) is 0 Å². The van der Waals surface area contributed by atoms with E-state index in [2.05, 4.69) is 104 Å². The number of likely N-dealkylation sites (N-methyl/N-ethyl adjacent to an activating group) is 3. The summed E-state index contributed by atoms with van der Waals surface area (Å²) in [6, 6.07) is 25.8. The molecule has 0 aliphatic carbocycles. The van der Waals surface area contributed by atoms with Gasteiger partial charge in [-0.2, -0.15) is 33.7 Å². The standard InChI is InChI=1S/C24H31N3O9S2.2C24H31N3O6S/c1-16(2)20-11-21(23(36-38(32,33)34)12-22(20)35-37(29,30)31)24(28)27-14-18-5-4-17(10-19(18)15-27)13-26-8-6-25(3)7-9-26;1-16(2)20-11-21(22(28)12-23(20)33-34(30,31)32)24(29)27-14-18-5-4-17(10-19(18)15-27)13-26-8-6-25(3)7-9-26;1-16(2)20-11-21(23(12-22(20)28)33-34(30,31)32)24(29)27-14-18-5-4-17(10-19(18)15-27)13-26-8-6-25(3)7-9-26/h4-5,10-12,16H,6-9,13-15H2,1-3H3,(H,29,30,31)(H,32,33,34);2*4-5,10-12,16,28H,6-9,13-15H2,1-3H3,(H,30,31,32). The van der Waals surface area contributed by atoms with Crippen molar-refractivity contribution in [3.8, 4) is 34.5 Å². The van der Waals surface area contributed by atoms with Crippen LogP contribution in [0.1, 0.15) is 157 Å². The molecule has 6 aromatic carbocycles. The van der Waals surface area contributed by atoms with E-state index in [-0.39, 0.29) is 70.5 Å². The van der Waals surface area contributed by atoms with Crippen molar-refractivity contribution < 1.29 is 93.2 Å². The molecule has 6 aliphatic heterocycles. The number of piperazine rings is 3. The summed E-state index contributed by atoms with van der Waals surface area (Å²) in [6.45, 7) is 27.7. The fraction of sp³-hybridized carbons (Fsp3) is 0.458. The molecule has 6 aliphatic rings. The molecule has 576 valence electrons. The lowest BCUT2D eigenvalue weighted by Gasteiger charge is -2.32. The normalized spacial score (nSPS) is 17.2. The highest BCUT2D eigenvalue weighted by Gasteiger charge is 2.34. The minimum absolute atomic E-state index is 0.0235. The van der Waals surface area contributed by atoms with Crippen LogP contribution in [0.3, 0.4) is 0 Å². The van der Waals surface area contributed by atoms with Gasteiger partial charge < -0.3 is 56.3 Å². The third kappa shape index (κ3) is 21.4. The van der Waals surface area contributed by atoms with E-state index < -0.39 is 76.4 Å². The van der Waals surface area contributed by atoms with Crippen LogP contribution < -0.4 is 16.7 Å². The van der Waals surface area contributed by atoms with E-state index in [1.165, 1.54) is 34.2 Å². The summed E-state index contributed by atoms with van der Waals surface area (Å²) in [7, 11) is -13.3. The van der Waals surface area contributed by atoms with Gasteiger partial charge in [0.1, 0.15) is 11.5 Å². The molecular weight excluding hydrogens is 1460 g/mol. The van der Waals surface area contributed by atoms with Crippen LogP contribution in [-0.4, -0.2) is 224 Å². The molecule has 12 rings (SSSR count). The Morgan fingerprint density at radius 2 is 0.604 bits per heavy atom. The third-order valence-electron chi connectivity index (χ3n) is 19.6. The highest BCUT2D eigenvalue weighted by molar-refractivity contribution is 7.82. The first-order chi connectivity index (χ1) is 49.7. The maximum absolute atomic E-state index is 13.6. The van der Waals surface area contributed by atoms with Gasteiger partial charge in [-0.05, 0) is 124 Å². The quantitative estimate of drug-likeness (QED) is 0.0409. The van der Waals surface area contributed by atoms with Crippen LogP contribution in [0, 0.1) is 0 Å². The second-order valence-electron chi connectivity index (χ2n) is 28.7. The molecule has 0 spiro atoms. The van der Waals surface area contributed by atoms with Gasteiger partial charge in [-0.15, -0.1) is 0 Å². The zero-order valence-electron chi connectivity index (χ0n) is 60.7. The van der Waals surface area contributed by atoms with Crippen LogP contribution >= 0.6 is 0 Å². The second-order valence-corrected chi connectivity index (χ2v) is 32.8. The number of aromatic hydroxyl groups is 2. The lowest BCUT2D eigenvalue weighted by molar-refractivity contribution is 0.0741. The van der Waals surface area contributed by atoms with E-state index in [1.807, 2.05) is 32.0 Å². The maximum Gasteiger partial charge on any atom is 0.446 e. The lowest BCUT2D eigenvalue weighted by atomic mass is 9.98. The minimum Gasteiger partial charge on any atom is -0.508 e. The molecule has 0 radical (unpaired) electrons. The van der Waals surface area contributed by atoms with Gasteiger partial charge in [0.2, 0.25) is 0 Å². The average molecular weight is 1550 g/mol. The molecule has 0 aromatic heterocycles. The number of fused-ring (bicyclic) bond motifs is 3. The van der Waals surface area contributed by atoms with E-state index in [0.29, 0.717) is 37.3 Å². The number of amides is 3. The van der Waals surface area contributed by atoms with Crippen LogP contribution in [0.4, 0.5) is 0 Å². The van der Waals surface area contributed by atoms with E-state index in [4.69, 9.17) is 9.11 Å². The summed E-state index contributed by atoms with van der Waals surface area (Å²) >= 11 is 0. The minimum atomic E-state index is -5.07. The molecule has 6 N–H and O–H groups in total. The van der Waals surface area contributed by atoms with Crippen molar-refractivity contribution in [2.24, 2.45) is 0 Å². The van der Waals surface area contributed by atoms with E-state index in [0.717, 1.165) is 155 Å². The van der Waals surface area contributed by atoms with Crippen molar-refractivity contribution in [3.05, 3.63) is 174 Å². The lowest BCUT2D eigenvalue weighted by Crippen LogP contribution is -2.43. The number of carbonyl (C=O) groups is 3. The molecule has 3 saturated heterocycles. The summed E-state index contributed by atoms with van der Waals surface area (Å²) in [5.41, 5.74) is 10.6. The molecule has 3 amide bonds. The Kier molecular flexibility index (Phi) is 25.2. The monoisotopic (exact) mass is 1550 g/mol. The number of rotatable bonds is 20. The molecule has 6 aromatic rings. The number of hydrogen-bond acceptors (Lipinski definition) is 23. The Labute approximate surface area is 620 Å². The van der Waals surface area contributed by atoms with Crippen molar-refractivity contribution in [2.45, 2.75) is 118 Å². The van der Waals surface area contributed by atoms with E-state index in [9.17, 15) is 67.4 Å². The Hall–Kier alpha value is -8.07. The highest BCUT2D eigenvalue weighted by Crippen LogP contribution is 2.41. The van der Waals surface area contributed by atoms with Gasteiger partial charge in [0.15, 0.2) is 23.0 Å². The summed E-state index contributed by atoms with van der Waals surface area (Å²) in [4.78, 5) is 59.2. The largest absolute Gasteiger partial charge is 0.508 e. The fourth-order valence-electron chi connectivity index (χ4n) is 13.7. The Balaban J connectivity index is 0.000000170. The first kappa shape index (κ1) is 80.5.